The van der Waals surface area contributed by atoms with Crippen LogP contribution in [0.3, 0.4) is 0 Å². The topological polar surface area (TPSA) is 23.5 Å². The second kappa shape index (κ2) is 9.75. The van der Waals surface area contributed by atoms with Gasteiger partial charge in [0.2, 0.25) is 0 Å². The number of fused-ring (bicyclic) bond motifs is 1. The van der Waals surface area contributed by atoms with Crippen molar-refractivity contribution in [1.29, 1.82) is 0 Å². The molecule has 0 saturated carbocycles. The highest BCUT2D eigenvalue weighted by Crippen LogP contribution is 2.49. The number of phenols is 1. The summed E-state index contributed by atoms with van der Waals surface area (Å²) in [5.41, 5.74) is 9.50. The van der Waals surface area contributed by atoms with Gasteiger partial charge in [-0.3, -0.25) is 0 Å². The maximum absolute atomic E-state index is 10.6. The summed E-state index contributed by atoms with van der Waals surface area (Å²) < 4.78 is 0. The Kier molecular flexibility index (Phi) is 6.84. The summed E-state index contributed by atoms with van der Waals surface area (Å²) in [6, 6.07) is 29.5. The first kappa shape index (κ1) is 27.3. The Morgan fingerprint density at radius 2 is 1.38 bits per heavy atom. The highest BCUT2D eigenvalue weighted by atomic mass is 35.5. The lowest BCUT2D eigenvalue weighted by molar-refractivity contribution is 0.332. The Bertz CT molecular complexity index is 1490. The summed E-state index contributed by atoms with van der Waals surface area (Å²) in [5, 5.41) is 11.1. The highest BCUT2D eigenvalue weighted by molar-refractivity contribution is 6.31. The normalized spacial score (nSPS) is 16.0. The van der Waals surface area contributed by atoms with Crippen LogP contribution >= 0.6 is 11.6 Å². The van der Waals surface area contributed by atoms with Gasteiger partial charge in [0.1, 0.15) is 5.75 Å². The molecular weight excluding hydrogens is 498 g/mol. The number of nitrogens with zero attached hydrogens (tertiary/aromatic N) is 1. The van der Waals surface area contributed by atoms with Crippen molar-refractivity contribution in [1.82, 2.24) is 0 Å². The predicted molar refractivity (Wildman–Crippen MR) is 167 cm³/mol. The van der Waals surface area contributed by atoms with E-state index in [-0.39, 0.29) is 22.0 Å². The molecule has 0 aromatic heterocycles. The standard InChI is InChI=1S/C36H40ClNO/c1-34(2,3)25-13-16-33(30(19-25)24-11-9-8-10-12-24)38(28-20-26(37)21-29(39)22-28)27-14-15-31-32(23-27)36(6,7)18-17-35(31,4)5/h8-16,19-23,39H,17-18H2,1-7H3. The molecule has 5 rings (SSSR count). The zero-order valence-electron chi connectivity index (χ0n) is 24.3. The number of rotatable bonds is 4. The van der Waals surface area contributed by atoms with Gasteiger partial charge in [-0.05, 0) is 87.7 Å². The molecule has 3 heteroatoms. The first-order valence-corrected chi connectivity index (χ1v) is 14.3. The van der Waals surface area contributed by atoms with E-state index in [1.54, 1.807) is 12.1 Å². The van der Waals surface area contributed by atoms with Crippen LogP contribution in [0.1, 0.15) is 78.0 Å². The van der Waals surface area contributed by atoms with Gasteiger partial charge in [-0.15, -0.1) is 0 Å². The molecule has 1 aliphatic rings. The molecule has 4 aromatic rings. The van der Waals surface area contributed by atoms with Gasteiger partial charge in [-0.25, -0.2) is 0 Å². The van der Waals surface area contributed by atoms with Crippen molar-refractivity contribution in [3.8, 4) is 16.9 Å². The third-order valence-corrected chi connectivity index (χ3v) is 8.63. The Labute approximate surface area is 239 Å². The van der Waals surface area contributed by atoms with Gasteiger partial charge < -0.3 is 10.0 Å². The summed E-state index contributed by atoms with van der Waals surface area (Å²) >= 11 is 6.52. The fraction of sp³-hybridized carbons (Fsp3) is 0.333. The maximum atomic E-state index is 10.6. The van der Waals surface area contributed by atoms with Crippen LogP contribution in [-0.4, -0.2) is 5.11 Å². The summed E-state index contributed by atoms with van der Waals surface area (Å²) in [4.78, 5) is 2.25. The van der Waals surface area contributed by atoms with Crippen LogP contribution < -0.4 is 4.90 Å². The number of anilines is 3. The summed E-state index contributed by atoms with van der Waals surface area (Å²) in [7, 11) is 0. The molecule has 0 unspecified atom stereocenters. The van der Waals surface area contributed by atoms with Crippen molar-refractivity contribution in [2.75, 3.05) is 4.90 Å². The first-order chi connectivity index (χ1) is 18.3. The van der Waals surface area contributed by atoms with E-state index in [1.165, 1.54) is 23.1 Å². The summed E-state index contributed by atoms with van der Waals surface area (Å²) in [6.07, 6.45) is 2.31. The highest BCUT2D eigenvalue weighted by Gasteiger charge is 2.37. The Morgan fingerprint density at radius 1 is 0.718 bits per heavy atom. The molecule has 0 aliphatic heterocycles. The lowest BCUT2D eigenvalue weighted by atomic mass is 9.63. The van der Waals surface area contributed by atoms with E-state index in [2.05, 4.69) is 120 Å². The maximum Gasteiger partial charge on any atom is 0.119 e. The molecule has 0 atom stereocenters. The van der Waals surface area contributed by atoms with Gasteiger partial charge in [0.15, 0.2) is 0 Å². The van der Waals surface area contributed by atoms with Gasteiger partial charge >= 0.3 is 0 Å². The molecule has 0 saturated heterocycles. The Balaban J connectivity index is 1.81. The molecule has 0 fully saturated rings. The predicted octanol–water partition coefficient (Wildman–Crippen LogP) is 10.8. The van der Waals surface area contributed by atoms with Gasteiger partial charge in [-0.2, -0.15) is 0 Å². The van der Waals surface area contributed by atoms with Crippen molar-refractivity contribution < 1.29 is 5.11 Å². The van der Waals surface area contributed by atoms with Gasteiger partial charge in [0.05, 0.1) is 11.4 Å². The molecule has 0 bridgehead atoms. The monoisotopic (exact) mass is 537 g/mol. The van der Waals surface area contributed by atoms with Crippen molar-refractivity contribution >= 4 is 28.7 Å². The molecule has 0 amide bonds. The molecular formula is C36H40ClNO. The molecule has 1 N–H and O–H groups in total. The first-order valence-electron chi connectivity index (χ1n) is 13.9. The van der Waals surface area contributed by atoms with Gasteiger partial charge in [0, 0.05) is 22.3 Å². The third-order valence-electron chi connectivity index (χ3n) is 8.41. The second-order valence-corrected chi connectivity index (χ2v) is 13.8. The van der Waals surface area contributed by atoms with E-state index in [1.807, 2.05) is 6.07 Å². The van der Waals surface area contributed by atoms with E-state index < -0.39 is 0 Å². The number of hydrogen-bond donors (Lipinski definition) is 1. The van der Waals surface area contributed by atoms with Crippen LogP contribution in [0.5, 0.6) is 5.75 Å². The number of aromatic hydroxyl groups is 1. The zero-order chi connectivity index (χ0) is 28.2. The number of phenolic OH excluding ortho intramolecular Hbond substituents is 1. The van der Waals surface area contributed by atoms with Crippen LogP contribution in [-0.2, 0) is 16.2 Å². The molecule has 1 aliphatic carbocycles. The van der Waals surface area contributed by atoms with Crippen molar-refractivity contribution in [3.05, 3.63) is 107 Å². The molecule has 39 heavy (non-hydrogen) atoms. The lowest BCUT2D eigenvalue weighted by Crippen LogP contribution is -2.34. The average molecular weight is 538 g/mol. The van der Waals surface area contributed by atoms with Crippen LogP contribution in [0.15, 0.2) is 84.9 Å². The van der Waals surface area contributed by atoms with Crippen LogP contribution in [0.2, 0.25) is 5.02 Å². The van der Waals surface area contributed by atoms with E-state index in [9.17, 15) is 5.11 Å². The SMILES string of the molecule is CC(C)(C)c1ccc(N(c2cc(O)cc(Cl)c2)c2ccc3c(c2)C(C)(C)CCC3(C)C)c(-c2ccccc2)c1. The van der Waals surface area contributed by atoms with E-state index in [0.717, 1.165) is 34.6 Å². The molecule has 202 valence electrons. The van der Waals surface area contributed by atoms with Crippen LogP contribution in [0, 0.1) is 0 Å². The number of benzene rings is 4. The van der Waals surface area contributed by atoms with E-state index >= 15 is 0 Å². The van der Waals surface area contributed by atoms with Gasteiger partial charge in [-0.1, -0.05) is 103 Å². The third kappa shape index (κ3) is 5.32. The smallest absolute Gasteiger partial charge is 0.119 e. The molecule has 0 radical (unpaired) electrons. The Hall–Kier alpha value is -3.23. The van der Waals surface area contributed by atoms with Crippen molar-refractivity contribution in [2.24, 2.45) is 0 Å². The lowest BCUT2D eigenvalue weighted by Gasteiger charge is -2.42. The number of hydrogen-bond acceptors (Lipinski definition) is 2. The Morgan fingerprint density at radius 3 is 2.03 bits per heavy atom. The summed E-state index contributed by atoms with van der Waals surface area (Å²) in [5.74, 6) is 0.148. The average Bonchev–Trinajstić information content (AvgIpc) is 2.87. The van der Waals surface area contributed by atoms with E-state index in [4.69, 9.17) is 11.6 Å². The minimum absolute atomic E-state index is 0.00262. The largest absolute Gasteiger partial charge is 0.508 e. The quantitative estimate of drug-likeness (QED) is 0.280. The van der Waals surface area contributed by atoms with Crippen molar-refractivity contribution in [2.45, 2.75) is 77.6 Å². The molecule has 0 spiro atoms. The molecule has 0 heterocycles. The zero-order valence-corrected chi connectivity index (χ0v) is 25.0. The molecule has 4 aromatic carbocycles. The second-order valence-electron chi connectivity index (χ2n) is 13.3. The fourth-order valence-electron chi connectivity index (χ4n) is 5.88. The minimum atomic E-state index is 0.00262. The minimum Gasteiger partial charge on any atom is -0.508 e. The summed E-state index contributed by atoms with van der Waals surface area (Å²) in [6.45, 7) is 16.2. The van der Waals surface area contributed by atoms with Gasteiger partial charge in [0.25, 0.3) is 0 Å². The van der Waals surface area contributed by atoms with E-state index in [0.29, 0.717) is 5.02 Å². The van der Waals surface area contributed by atoms with Crippen LogP contribution in [0.25, 0.3) is 11.1 Å². The fourth-order valence-corrected chi connectivity index (χ4v) is 6.10. The van der Waals surface area contributed by atoms with Crippen LogP contribution in [0.4, 0.5) is 17.1 Å². The number of halogens is 1. The molecule has 2 nitrogen and oxygen atoms in total. The van der Waals surface area contributed by atoms with Crippen molar-refractivity contribution in [3.63, 3.8) is 0 Å².